The lowest BCUT2D eigenvalue weighted by Gasteiger charge is -2.32. The molecule has 5 rings (SSSR count). The predicted molar refractivity (Wildman–Crippen MR) is 129 cm³/mol. The van der Waals surface area contributed by atoms with Gasteiger partial charge in [-0.05, 0) is 62.6 Å². The number of nitrogens with zero attached hydrogens (tertiary/aromatic N) is 2. The molecule has 1 saturated carbocycles. The van der Waals surface area contributed by atoms with Gasteiger partial charge < -0.3 is 14.8 Å². The van der Waals surface area contributed by atoms with Gasteiger partial charge in [0.25, 0.3) is 0 Å². The van der Waals surface area contributed by atoms with Crippen LogP contribution in [0.3, 0.4) is 0 Å². The number of hydrogen-bond donors (Lipinski definition) is 1. The number of carbonyl (C=O) groups is 1. The highest BCUT2D eigenvalue weighted by molar-refractivity contribution is 5.90. The van der Waals surface area contributed by atoms with Crippen molar-refractivity contribution in [2.75, 3.05) is 13.1 Å². The summed E-state index contributed by atoms with van der Waals surface area (Å²) in [6, 6.07) is 17.9. The van der Waals surface area contributed by atoms with E-state index in [0.29, 0.717) is 17.9 Å². The lowest BCUT2D eigenvalue weighted by molar-refractivity contribution is -0.133. The zero-order valence-corrected chi connectivity index (χ0v) is 19.3. The Balaban J connectivity index is 0.00000231. The summed E-state index contributed by atoms with van der Waals surface area (Å²) in [5.74, 6) is 0.737. The fourth-order valence-electron chi connectivity index (χ4n) is 4.93. The van der Waals surface area contributed by atoms with Crippen LogP contribution in [0.5, 0.6) is 0 Å². The largest absolute Gasteiger partial charge is 0.342 e. The molecule has 0 spiro atoms. The van der Waals surface area contributed by atoms with Crippen molar-refractivity contribution >= 4 is 29.1 Å². The minimum atomic E-state index is 0. The molecule has 2 fully saturated rings. The molecule has 1 aliphatic carbocycles. The molecule has 0 unspecified atom stereocenters. The van der Waals surface area contributed by atoms with E-state index in [2.05, 4.69) is 77.2 Å². The van der Waals surface area contributed by atoms with Gasteiger partial charge in [-0.2, -0.15) is 0 Å². The van der Waals surface area contributed by atoms with E-state index in [1.165, 1.54) is 33.4 Å². The first-order valence-electron chi connectivity index (χ1n) is 11.3. The monoisotopic (exact) mass is 437 g/mol. The number of nitrogens with one attached hydrogen (secondary N) is 1. The maximum atomic E-state index is 12.3. The SMILES string of the molecule is Cc1cc(CNC2CCN(C(=O)C3CC3)CC2)c(C)n1-c1cccc2ccccc12.Cl. The number of aryl methyl sites for hydroxylation is 1. The smallest absolute Gasteiger partial charge is 0.225 e. The van der Waals surface area contributed by atoms with Crippen LogP contribution in [0.2, 0.25) is 0 Å². The molecule has 1 aliphatic heterocycles. The summed E-state index contributed by atoms with van der Waals surface area (Å²) in [4.78, 5) is 14.3. The van der Waals surface area contributed by atoms with E-state index in [1.54, 1.807) is 0 Å². The van der Waals surface area contributed by atoms with Crippen LogP contribution < -0.4 is 5.32 Å². The van der Waals surface area contributed by atoms with Crippen molar-refractivity contribution in [3.63, 3.8) is 0 Å². The Labute approximate surface area is 191 Å². The maximum Gasteiger partial charge on any atom is 0.225 e. The average molecular weight is 438 g/mol. The maximum absolute atomic E-state index is 12.3. The van der Waals surface area contributed by atoms with Crippen LogP contribution in [-0.4, -0.2) is 34.5 Å². The van der Waals surface area contributed by atoms with Crippen LogP contribution in [0.4, 0.5) is 0 Å². The summed E-state index contributed by atoms with van der Waals surface area (Å²) in [5.41, 5.74) is 5.18. The molecule has 2 aromatic carbocycles. The van der Waals surface area contributed by atoms with Crippen LogP contribution in [-0.2, 0) is 11.3 Å². The molecule has 0 radical (unpaired) electrons. The molecule has 31 heavy (non-hydrogen) atoms. The van der Waals surface area contributed by atoms with E-state index in [1.807, 2.05) is 0 Å². The Hall–Kier alpha value is -2.30. The van der Waals surface area contributed by atoms with E-state index in [9.17, 15) is 4.79 Å². The van der Waals surface area contributed by atoms with Gasteiger partial charge in [-0.1, -0.05) is 36.4 Å². The van der Waals surface area contributed by atoms with Gasteiger partial charge in [0.05, 0.1) is 5.69 Å². The van der Waals surface area contributed by atoms with E-state index < -0.39 is 0 Å². The van der Waals surface area contributed by atoms with Crippen LogP contribution in [0.1, 0.15) is 42.6 Å². The second-order valence-electron chi connectivity index (χ2n) is 8.98. The van der Waals surface area contributed by atoms with Gasteiger partial charge >= 0.3 is 0 Å². The summed E-state index contributed by atoms with van der Waals surface area (Å²) < 4.78 is 2.39. The van der Waals surface area contributed by atoms with Gasteiger partial charge in [0.1, 0.15) is 0 Å². The van der Waals surface area contributed by atoms with E-state index in [-0.39, 0.29) is 12.4 Å². The summed E-state index contributed by atoms with van der Waals surface area (Å²) in [7, 11) is 0. The van der Waals surface area contributed by atoms with Gasteiger partial charge in [0, 0.05) is 48.4 Å². The average Bonchev–Trinajstić information content (AvgIpc) is 3.58. The van der Waals surface area contributed by atoms with Crippen molar-refractivity contribution in [3.8, 4) is 5.69 Å². The highest BCUT2D eigenvalue weighted by Gasteiger charge is 2.34. The van der Waals surface area contributed by atoms with Crippen LogP contribution >= 0.6 is 12.4 Å². The Kier molecular flexibility index (Phi) is 6.40. The Morgan fingerprint density at radius 1 is 1.00 bits per heavy atom. The fraction of sp³-hybridized carbons (Fsp3) is 0.423. The minimum Gasteiger partial charge on any atom is -0.342 e. The summed E-state index contributed by atoms with van der Waals surface area (Å²) in [6.07, 6.45) is 4.31. The fourth-order valence-corrected chi connectivity index (χ4v) is 4.93. The number of likely N-dealkylation sites (tertiary alicyclic amines) is 1. The standard InChI is InChI=1S/C26H31N3O.ClH/c1-18-16-22(17-27-23-12-14-28(15-13-23)26(30)21-10-11-21)19(2)29(18)25-9-5-7-20-6-3-4-8-24(20)25;/h3-9,16,21,23,27H,10-15,17H2,1-2H3;1H. The second-order valence-corrected chi connectivity index (χ2v) is 8.98. The molecule has 0 atom stereocenters. The van der Waals surface area contributed by atoms with Crippen molar-refractivity contribution in [1.29, 1.82) is 0 Å². The Bertz CT molecular complexity index is 1070. The number of amides is 1. The predicted octanol–water partition coefficient (Wildman–Crippen LogP) is 5.16. The molecule has 2 aliphatic rings. The molecular weight excluding hydrogens is 406 g/mol. The molecule has 1 N–H and O–H groups in total. The first-order chi connectivity index (χ1) is 14.6. The number of piperidine rings is 1. The van der Waals surface area contributed by atoms with Gasteiger partial charge in [-0.3, -0.25) is 4.79 Å². The number of halogens is 1. The summed E-state index contributed by atoms with van der Waals surface area (Å²) in [5, 5.41) is 6.32. The third-order valence-corrected chi connectivity index (χ3v) is 6.86. The molecule has 164 valence electrons. The second kappa shape index (κ2) is 9.05. The summed E-state index contributed by atoms with van der Waals surface area (Å²) >= 11 is 0. The van der Waals surface area contributed by atoms with Crippen molar-refractivity contribution < 1.29 is 4.79 Å². The molecule has 1 aromatic heterocycles. The summed E-state index contributed by atoms with van der Waals surface area (Å²) in [6.45, 7) is 7.11. The van der Waals surface area contributed by atoms with Crippen LogP contribution in [0.25, 0.3) is 16.5 Å². The number of carbonyl (C=O) groups excluding carboxylic acids is 1. The zero-order valence-electron chi connectivity index (χ0n) is 18.4. The van der Waals surface area contributed by atoms with Crippen LogP contribution in [0, 0.1) is 19.8 Å². The molecule has 1 saturated heterocycles. The van der Waals surface area contributed by atoms with Crippen molar-refractivity contribution in [1.82, 2.24) is 14.8 Å². The highest BCUT2D eigenvalue weighted by Crippen LogP contribution is 2.32. The molecule has 4 nitrogen and oxygen atoms in total. The van der Waals surface area contributed by atoms with E-state index >= 15 is 0 Å². The molecule has 1 amide bonds. The highest BCUT2D eigenvalue weighted by atomic mass is 35.5. The zero-order chi connectivity index (χ0) is 20.7. The van der Waals surface area contributed by atoms with Crippen LogP contribution in [0.15, 0.2) is 48.5 Å². The molecule has 2 heterocycles. The molecule has 0 bridgehead atoms. The van der Waals surface area contributed by atoms with Crippen molar-refractivity contribution in [3.05, 3.63) is 65.5 Å². The van der Waals surface area contributed by atoms with Gasteiger partial charge in [-0.15, -0.1) is 12.4 Å². The van der Waals surface area contributed by atoms with Gasteiger partial charge in [0.2, 0.25) is 5.91 Å². The Morgan fingerprint density at radius 3 is 2.45 bits per heavy atom. The topological polar surface area (TPSA) is 37.3 Å². The van der Waals surface area contributed by atoms with E-state index in [0.717, 1.165) is 45.3 Å². The quantitative estimate of drug-likeness (QED) is 0.598. The molecule has 5 heteroatoms. The Morgan fingerprint density at radius 2 is 1.71 bits per heavy atom. The third-order valence-electron chi connectivity index (χ3n) is 6.86. The molecule has 3 aromatic rings. The number of fused-ring (bicyclic) bond motifs is 1. The van der Waals surface area contributed by atoms with Gasteiger partial charge in [0.15, 0.2) is 0 Å². The lowest BCUT2D eigenvalue weighted by atomic mass is 10.0. The van der Waals surface area contributed by atoms with E-state index in [4.69, 9.17) is 0 Å². The van der Waals surface area contributed by atoms with Gasteiger partial charge in [-0.25, -0.2) is 0 Å². The normalized spacial score (nSPS) is 17.0. The number of rotatable bonds is 5. The van der Waals surface area contributed by atoms with Crippen molar-refractivity contribution in [2.45, 2.75) is 52.1 Å². The number of benzene rings is 2. The third kappa shape index (κ3) is 4.37. The first kappa shape index (κ1) is 21.9. The number of aromatic nitrogens is 1. The van der Waals surface area contributed by atoms with Crippen molar-refractivity contribution in [2.24, 2.45) is 5.92 Å². The first-order valence-corrected chi connectivity index (χ1v) is 11.3. The molecular formula is C26H32ClN3O. The lowest BCUT2D eigenvalue weighted by Crippen LogP contribution is -2.45. The number of hydrogen-bond acceptors (Lipinski definition) is 2. The minimum absolute atomic E-state index is 0.